The molecule has 0 bridgehead atoms. The fraction of sp³-hybridized carbons (Fsp3) is 0.296. The first-order valence-corrected chi connectivity index (χ1v) is 11.9. The summed E-state index contributed by atoms with van der Waals surface area (Å²) in [6.07, 6.45) is -3.51. The van der Waals surface area contributed by atoms with E-state index in [0.717, 1.165) is 12.6 Å². The number of methoxy groups -OCH3 is 1. The summed E-state index contributed by atoms with van der Waals surface area (Å²) in [4.78, 5) is 21.7. The van der Waals surface area contributed by atoms with Crippen molar-refractivity contribution in [2.24, 2.45) is 0 Å². The van der Waals surface area contributed by atoms with Crippen LogP contribution in [0.4, 0.5) is 13.2 Å². The van der Waals surface area contributed by atoms with Crippen LogP contribution in [-0.4, -0.2) is 63.6 Å². The Balaban J connectivity index is 1.40. The zero-order chi connectivity index (χ0) is 26.2. The number of alkyl halides is 3. The van der Waals surface area contributed by atoms with Crippen LogP contribution in [0.15, 0.2) is 60.8 Å². The van der Waals surface area contributed by atoms with Gasteiger partial charge in [0.15, 0.2) is 11.3 Å². The van der Waals surface area contributed by atoms with Gasteiger partial charge < -0.3 is 9.64 Å². The van der Waals surface area contributed by atoms with E-state index in [1.807, 2.05) is 6.92 Å². The molecule has 7 nitrogen and oxygen atoms in total. The second-order valence-electron chi connectivity index (χ2n) is 9.10. The number of hydrogen-bond donors (Lipinski definition) is 0. The zero-order valence-corrected chi connectivity index (χ0v) is 20.5. The normalized spacial score (nSPS) is 14.8. The van der Waals surface area contributed by atoms with Gasteiger partial charge in [0.2, 0.25) is 0 Å². The number of hydrogen-bond acceptors (Lipinski definition) is 5. The van der Waals surface area contributed by atoms with E-state index < -0.39 is 11.9 Å². The maximum absolute atomic E-state index is 13.9. The highest BCUT2D eigenvalue weighted by Crippen LogP contribution is 2.33. The van der Waals surface area contributed by atoms with E-state index in [9.17, 15) is 18.0 Å². The van der Waals surface area contributed by atoms with Crippen LogP contribution in [-0.2, 0) is 12.7 Å². The summed E-state index contributed by atoms with van der Waals surface area (Å²) in [7, 11) is 1.51. The lowest BCUT2D eigenvalue weighted by Crippen LogP contribution is -2.48. The van der Waals surface area contributed by atoms with Crippen LogP contribution >= 0.6 is 0 Å². The minimum atomic E-state index is -4.68. The Labute approximate surface area is 212 Å². The maximum Gasteiger partial charge on any atom is 0.433 e. The zero-order valence-electron chi connectivity index (χ0n) is 20.5. The third kappa shape index (κ3) is 5.15. The number of aromatic nitrogens is 3. The monoisotopic (exact) mass is 509 g/mol. The Morgan fingerprint density at radius 3 is 2.30 bits per heavy atom. The number of piperazine rings is 1. The average molecular weight is 510 g/mol. The molecule has 1 amide bonds. The van der Waals surface area contributed by atoms with Gasteiger partial charge in [0, 0.05) is 38.3 Å². The van der Waals surface area contributed by atoms with Crippen LogP contribution in [0.5, 0.6) is 5.75 Å². The summed E-state index contributed by atoms with van der Waals surface area (Å²) < 4.78 is 47.6. The third-order valence-corrected chi connectivity index (χ3v) is 6.56. The Bertz CT molecular complexity index is 1410. The molecule has 0 saturated carbocycles. The quantitative estimate of drug-likeness (QED) is 0.391. The predicted octanol–water partition coefficient (Wildman–Crippen LogP) is 4.69. The summed E-state index contributed by atoms with van der Waals surface area (Å²) in [5.74, 6) is 0.195. The Kier molecular flexibility index (Phi) is 6.59. The van der Waals surface area contributed by atoms with Gasteiger partial charge in [0.1, 0.15) is 11.3 Å². The molecule has 5 rings (SSSR count). The summed E-state index contributed by atoms with van der Waals surface area (Å²) in [6.45, 7) is 5.08. The van der Waals surface area contributed by atoms with Crippen molar-refractivity contribution < 1.29 is 22.7 Å². The van der Waals surface area contributed by atoms with Crippen LogP contribution in [0.1, 0.15) is 27.2 Å². The van der Waals surface area contributed by atoms with Gasteiger partial charge in [-0.2, -0.15) is 18.3 Å². The molecule has 0 atom stereocenters. The molecular formula is C27H26F3N5O2. The SMILES string of the molecule is COc1ccc(-c2cc(C(F)(F)F)n3ncc(C(=O)N4CCN(Cc5ccc(C)cc5)CC4)c3n2)cc1. The van der Waals surface area contributed by atoms with E-state index in [0.29, 0.717) is 42.0 Å². The fourth-order valence-corrected chi connectivity index (χ4v) is 4.46. The first-order valence-electron chi connectivity index (χ1n) is 11.9. The molecule has 192 valence electrons. The summed E-state index contributed by atoms with van der Waals surface area (Å²) >= 11 is 0. The summed E-state index contributed by atoms with van der Waals surface area (Å²) in [6, 6.07) is 15.8. The Hall–Kier alpha value is -3.92. The maximum atomic E-state index is 13.9. The van der Waals surface area contributed by atoms with Crippen molar-refractivity contribution in [1.82, 2.24) is 24.4 Å². The Morgan fingerprint density at radius 2 is 1.68 bits per heavy atom. The molecule has 0 spiro atoms. The minimum Gasteiger partial charge on any atom is -0.497 e. The van der Waals surface area contributed by atoms with Gasteiger partial charge in [-0.1, -0.05) is 29.8 Å². The summed E-state index contributed by atoms with van der Waals surface area (Å²) in [5, 5.41) is 3.90. The molecule has 1 aliphatic rings. The number of halogens is 3. The van der Waals surface area contributed by atoms with E-state index in [1.165, 1.54) is 24.4 Å². The number of benzene rings is 2. The molecular weight excluding hydrogens is 483 g/mol. The molecule has 1 aliphatic heterocycles. The predicted molar refractivity (Wildman–Crippen MR) is 132 cm³/mol. The fourth-order valence-electron chi connectivity index (χ4n) is 4.46. The second-order valence-corrected chi connectivity index (χ2v) is 9.10. The molecule has 0 radical (unpaired) electrons. The van der Waals surface area contributed by atoms with Gasteiger partial charge in [-0.15, -0.1) is 0 Å². The number of amides is 1. The number of rotatable bonds is 5. The molecule has 10 heteroatoms. The van der Waals surface area contributed by atoms with Crippen LogP contribution in [0.25, 0.3) is 16.9 Å². The van der Waals surface area contributed by atoms with Crippen molar-refractivity contribution in [3.05, 3.63) is 83.2 Å². The highest BCUT2D eigenvalue weighted by atomic mass is 19.4. The van der Waals surface area contributed by atoms with Crippen LogP contribution in [0.2, 0.25) is 0 Å². The first kappa shape index (κ1) is 24.8. The van der Waals surface area contributed by atoms with Crippen molar-refractivity contribution in [3.8, 4) is 17.0 Å². The number of carbonyl (C=O) groups excluding carboxylic acids is 1. The molecule has 0 aliphatic carbocycles. The molecule has 1 saturated heterocycles. The molecule has 2 aromatic carbocycles. The van der Waals surface area contributed by atoms with E-state index >= 15 is 0 Å². The Morgan fingerprint density at radius 1 is 1.00 bits per heavy atom. The number of ether oxygens (including phenoxy) is 1. The number of aryl methyl sites for hydroxylation is 1. The summed E-state index contributed by atoms with van der Waals surface area (Å²) in [5.41, 5.74) is 1.90. The molecule has 37 heavy (non-hydrogen) atoms. The van der Waals surface area contributed by atoms with Crippen LogP contribution < -0.4 is 4.74 Å². The van der Waals surface area contributed by atoms with Crippen LogP contribution in [0, 0.1) is 6.92 Å². The largest absolute Gasteiger partial charge is 0.497 e. The molecule has 2 aromatic heterocycles. The standard InChI is InChI=1S/C27H26F3N5O2/c1-18-3-5-19(6-4-18)17-33-11-13-34(14-12-33)26(36)22-16-31-35-24(27(28,29)30)15-23(32-25(22)35)20-7-9-21(37-2)10-8-20/h3-10,15-16H,11-14,17H2,1-2H3. The molecule has 1 fully saturated rings. The lowest BCUT2D eigenvalue weighted by molar-refractivity contribution is -0.142. The lowest BCUT2D eigenvalue weighted by Gasteiger charge is -2.34. The van der Waals surface area contributed by atoms with E-state index in [-0.39, 0.29) is 22.8 Å². The molecule has 0 N–H and O–H groups in total. The highest BCUT2D eigenvalue weighted by molar-refractivity contribution is 6.00. The van der Waals surface area contributed by atoms with E-state index in [1.54, 1.807) is 29.2 Å². The first-order chi connectivity index (χ1) is 17.7. The van der Waals surface area contributed by atoms with Gasteiger partial charge >= 0.3 is 6.18 Å². The van der Waals surface area contributed by atoms with Crippen molar-refractivity contribution >= 4 is 11.6 Å². The van der Waals surface area contributed by atoms with Gasteiger partial charge in [-0.05, 0) is 42.8 Å². The topological polar surface area (TPSA) is 63.0 Å². The highest BCUT2D eigenvalue weighted by Gasteiger charge is 2.36. The molecule has 4 aromatic rings. The van der Waals surface area contributed by atoms with E-state index in [2.05, 4.69) is 39.2 Å². The third-order valence-electron chi connectivity index (χ3n) is 6.56. The van der Waals surface area contributed by atoms with Crippen molar-refractivity contribution in [1.29, 1.82) is 0 Å². The minimum absolute atomic E-state index is 0.0489. The molecule has 3 heterocycles. The van der Waals surface area contributed by atoms with Crippen molar-refractivity contribution in [3.63, 3.8) is 0 Å². The van der Waals surface area contributed by atoms with E-state index in [4.69, 9.17) is 4.74 Å². The smallest absolute Gasteiger partial charge is 0.433 e. The van der Waals surface area contributed by atoms with Gasteiger partial charge in [-0.25, -0.2) is 9.50 Å². The molecule has 0 unspecified atom stereocenters. The second kappa shape index (κ2) is 9.85. The van der Waals surface area contributed by atoms with Crippen molar-refractivity contribution in [2.45, 2.75) is 19.6 Å². The van der Waals surface area contributed by atoms with Gasteiger partial charge in [0.05, 0.1) is 19.0 Å². The van der Waals surface area contributed by atoms with Gasteiger partial charge in [0.25, 0.3) is 5.91 Å². The van der Waals surface area contributed by atoms with Crippen LogP contribution in [0.3, 0.4) is 0 Å². The number of nitrogens with zero attached hydrogens (tertiary/aromatic N) is 5. The van der Waals surface area contributed by atoms with Gasteiger partial charge in [-0.3, -0.25) is 9.69 Å². The van der Waals surface area contributed by atoms with Crippen molar-refractivity contribution in [2.75, 3.05) is 33.3 Å². The number of carbonyl (C=O) groups is 1. The average Bonchev–Trinajstić information content (AvgIpc) is 3.33. The lowest BCUT2D eigenvalue weighted by atomic mass is 10.1. The number of fused-ring (bicyclic) bond motifs is 1.